The number of anilines is 1. The number of aliphatic hydroxyl groups is 1. The second-order valence-corrected chi connectivity index (χ2v) is 4.98. The normalized spacial score (nSPS) is 20.4. The maximum atomic E-state index is 11.8. The SMILES string of the molecule is CC[C@@H](O)c1ccc(N2CCCC2C(=O)NC)cc1. The van der Waals surface area contributed by atoms with Crippen LogP contribution in [0.15, 0.2) is 24.3 Å². The van der Waals surface area contributed by atoms with Crippen molar-refractivity contribution in [3.05, 3.63) is 29.8 Å². The van der Waals surface area contributed by atoms with Crippen LogP contribution in [0.4, 0.5) is 5.69 Å². The number of nitrogens with one attached hydrogen (secondary N) is 1. The summed E-state index contributed by atoms with van der Waals surface area (Å²) in [5.41, 5.74) is 1.99. The molecule has 0 bridgehead atoms. The van der Waals surface area contributed by atoms with E-state index in [1.165, 1.54) is 0 Å². The van der Waals surface area contributed by atoms with E-state index >= 15 is 0 Å². The molecule has 0 saturated carbocycles. The standard InChI is InChI=1S/C15H22N2O2/c1-3-14(18)11-6-8-12(9-7-11)17-10-4-5-13(17)15(19)16-2/h6-9,13-14,18H,3-5,10H2,1-2H3,(H,16,19)/t13?,14-/m1/s1. The second kappa shape index (κ2) is 6.06. The number of nitrogens with zero attached hydrogens (tertiary/aromatic N) is 1. The molecule has 0 radical (unpaired) electrons. The minimum Gasteiger partial charge on any atom is -0.388 e. The zero-order valence-electron chi connectivity index (χ0n) is 11.6. The van der Waals surface area contributed by atoms with Gasteiger partial charge in [0.05, 0.1) is 6.10 Å². The maximum absolute atomic E-state index is 11.8. The number of hydrogen-bond donors (Lipinski definition) is 2. The second-order valence-electron chi connectivity index (χ2n) is 4.98. The summed E-state index contributed by atoms with van der Waals surface area (Å²) in [5, 5.41) is 12.5. The van der Waals surface area contributed by atoms with E-state index in [-0.39, 0.29) is 11.9 Å². The first-order valence-electron chi connectivity index (χ1n) is 6.93. The molecule has 0 aromatic heterocycles. The van der Waals surface area contributed by atoms with Crippen LogP contribution in [0, 0.1) is 0 Å². The minimum atomic E-state index is -0.401. The van der Waals surface area contributed by atoms with Gasteiger partial charge in [-0.1, -0.05) is 19.1 Å². The van der Waals surface area contributed by atoms with Crippen LogP contribution in [0.25, 0.3) is 0 Å². The van der Waals surface area contributed by atoms with Gasteiger partial charge in [-0.2, -0.15) is 0 Å². The smallest absolute Gasteiger partial charge is 0.242 e. The summed E-state index contributed by atoms with van der Waals surface area (Å²) in [4.78, 5) is 14.0. The quantitative estimate of drug-likeness (QED) is 0.870. The van der Waals surface area contributed by atoms with E-state index in [4.69, 9.17) is 0 Å². The molecular formula is C15H22N2O2. The van der Waals surface area contributed by atoms with Gasteiger partial charge in [-0.25, -0.2) is 0 Å². The fourth-order valence-electron chi connectivity index (χ4n) is 2.64. The number of aliphatic hydroxyl groups excluding tert-OH is 1. The van der Waals surface area contributed by atoms with E-state index in [9.17, 15) is 9.90 Å². The van der Waals surface area contributed by atoms with Crippen LogP contribution in [0.5, 0.6) is 0 Å². The van der Waals surface area contributed by atoms with Crippen LogP contribution in [0.3, 0.4) is 0 Å². The first-order valence-corrected chi connectivity index (χ1v) is 6.93. The highest BCUT2D eigenvalue weighted by Gasteiger charge is 2.30. The number of benzene rings is 1. The zero-order chi connectivity index (χ0) is 13.8. The van der Waals surface area contributed by atoms with Crippen molar-refractivity contribution in [3.63, 3.8) is 0 Å². The van der Waals surface area contributed by atoms with E-state index in [0.29, 0.717) is 6.42 Å². The first kappa shape index (κ1) is 13.9. The fraction of sp³-hybridized carbons (Fsp3) is 0.533. The molecule has 1 saturated heterocycles. The number of carbonyl (C=O) groups is 1. The highest BCUT2D eigenvalue weighted by molar-refractivity contribution is 5.85. The van der Waals surface area contributed by atoms with Gasteiger partial charge < -0.3 is 15.3 Å². The van der Waals surface area contributed by atoms with E-state index in [1.807, 2.05) is 31.2 Å². The van der Waals surface area contributed by atoms with Crippen molar-refractivity contribution >= 4 is 11.6 Å². The summed E-state index contributed by atoms with van der Waals surface area (Å²) in [6, 6.07) is 7.82. The molecule has 1 fully saturated rings. The van der Waals surface area contributed by atoms with E-state index < -0.39 is 6.10 Å². The molecule has 19 heavy (non-hydrogen) atoms. The van der Waals surface area contributed by atoms with Crippen molar-refractivity contribution in [3.8, 4) is 0 Å². The van der Waals surface area contributed by atoms with Crippen LogP contribution in [-0.4, -0.2) is 30.6 Å². The van der Waals surface area contributed by atoms with Gasteiger partial charge >= 0.3 is 0 Å². The number of rotatable bonds is 4. The summed E-state index contributed by atoms with van der Waals surface area (Å²) < 4.78 is 0. The lowest BCUT2D eigenvalue weighted by molar-refractivity contribution is -0.121. The fourth-order valence-corrected chi connectivity index (χ4v) is 2.64. The summed E-state index contributed by atoms with van der Waals surface area (Å²) >= 11 is 0. The van der Waals surface area contributed by atoms with Crippen molar-refractivity contribution in [2.24, 2.45) is 0 Å². The summed E-state index contributed by atoms with van der Waals surface area (Å²) in [7, 11) is 1.68. The van der Waals surface area contributed by atoms with Gasteiger partial charge in [0.2, 0.25) is 5.91 Å². The van der Waals surface area contributed by atoms with Gasteiger partial charge in [-0.15, -0.1) is 0 Å². The molecule has 1 aliphatic rings. The largest absolute Gasteiger partial charge is 0.388 e. The molecule has 4 heteroatoms. The number of likely N-dealkylation sites (N-methyl/N-ethyl adjacent to an activating group) is 1. The van der Waals surface area contributed by atoms with Crippen LogP contribution in [0.1, 0.15) is 37.9 Å². The van der Waals surface area contributed by atoms with Crippen LogP contribution in [0.2, 0.25) is 0 Å². The number of amides is 1. The molecule has 2 atom stereocenters. The Morgan fingerprint density at radius 3 is 2.74 bits per heavy atom. The Morgan fingerprint density at radius 1 is 1.47 bits per heavy atom. The van der Waals surface area contributed by atoms with Crippen molar-refractivity contribution in [1.29, 1.82) is 0 Å². The van der Waals surface area contributed by atoms with Crippen LogP contribution >= 0.6 is 0 Å². The Hall–Kier alpha value is -1.55. The molecule has 1 heterocycles. The van der Waals surface area contributed by atoms with E-state index in [2.05, 4.69) is 10.2 Å². The molecule has 2 rings (SSSR count). The molecule has 0 spiro atoms. The van der Waals surface area contributed by atoms with Gasteiger partial charge in [-0.05, 0) is 37.0 Å². The van der Waals surface area contributed by atoms with Gasteiger partial charge in [0.1, 0.15) is 6.04 Å². The third-order valence-corrected chi connectivity index (χ3v) is 3.80. The Morgan fingerprint density at radius 2 is 2.16 bits per heavy atom. The molecule has 2 N–H and O–H groups in total. The van der Waals surface area contributed by atoms with E-state index in [0.717, 1.165) is 30.6 Å². The molecular weight excluding hydrogens is 240 g/mol. The molecule has 1 amide bonds. The average molecular weight is 262 g/mol. The summed E-state index contributed by atoms with van der Waals surface area (Å²) in [6.45, 7) is 2.87. The average Bonchev–Trinajstić information content (AvgIpc) is 2.95. The monoisotopic (exact) mass is 262 g/mol. The summed E-state index contributed by atoms with van der Waals surface area (Å²) in [6.07, 6.45) is 2.25. The highest BCUT2D eigenvalue weighted by Crippen LogP contribution is 2.27. The zero-order valence-corrected chi connectivity index (χ0v) is 11.6. The molecule has 0 aliphatic carbocycles. The predicted molar refractivity (Wildman–Crippen MR) is 76.1 cm³/mol. The van der Waals surface area contributed by atoms with Crippen LogP contribution in [-0.2, 0) is 4.79 Å². The van der Waals surface area contributed by atoms with Gasteiger partial charge in [-0.3, -0.25) is 4.79 Å². The van der Waals surface area contributed by atoms with Crippen molar-refractivity contribution in [2.75, 3.05) is 18.5 Å². The first-order chi connectivity index (χ1) is 9.17. The Labute approximate surface area is 114 Å². The van der Waals surface area contributed by atoms with Crippen molar-refractivity contribution in [1.82, 2.24) is 5.32 Å². The highest BCUT2D eigenvalue weighted by atomic mass is 16.3. The predicted octanol–water partition coefficient (Wildman–Crippen LogP) is 1.84. The van der Waals surface area contributed by atoms with Crippen molar-refractivity contribution in [2.45, 2.75) is 38.3 Å². The van der Waals surface area contributed by atoms with Crippen LogP contribution < -0.4 is 10.2 Å². The lowest BCUT2D eigenvalue weighted by Crippen LogP contribution is -2.41. The van der Waals surface area contributed by atoms with E-state index in [1.54, 1.807) is 7.05 Å². The molecule has 4 nitrogen and oxygen atoms in total. The summed E-state index contributed by atoms with van der Waals surface area (Å²) in [5.74, 6) is 0.0789. The number of carbonyl (C=O) groups excluding carboxylic acids is 1. The topological polar surface area (TPSA) is 52.6 Å². The van der Waals surface area contributed by atoms with Gasteiger partial charge in [0.25, 0.3) is 0 Å². The molecule has 1 unspecified atom stereocenters. The Bertz CT molecular complexity index is 430. The Balaban J connectivity index is 2.15. The third kappa shape index (κ3) is 2.89. The molecule has 1 aromatic carbocycles. The van der Waals surface area contributed by atoms with Gasteiger partial charge in [0, 0.05) is 19.3 Å². The Kier molecular flexibility index (Phi) is 4.43. The van der Waals surface area contributed by atoms with Crippen molar-refractivity contribution < 1.29 is 9.90 Å². The molecule has 1 aromatic rings. The lowest BCUT2D eigenvalue weighted by atomic mass is 10.1. The van der Waals surface area contributed by atoms with Gasteiger partial charge in [0.15, 0.2) is 0 Å². The minimum absolute atomic E-state index is 0.0630. The third-order valence-electron chi connectivity index (χ3n) is 3.80. The number of hydrogen-bond acceptors (Lipinski definition) is 3. The maximum Gasteiger partial charge on any atom is 0.242 e. The molecule has 1 aliphatic heterocycles. The molecule has 104 valence electrons. The lowest BCUT2D eigenvalue weighted by Gasteiger charge is -2.25.